The number of fused-ring (bicyclic) bond motifs is 1. The van der Waals surface area contributed by atoms with Crippen LogP contribution in [0.5, 0.6) is 0 Å². The molecule has 5 heteroatoms. The van der Waals surface area contributed by atoms with Gasteiger partial charge in [0.1, 0.15) is 0 Å². The van der Waals surface area contributed by atoms with Crippen LogP contribution in [0.4, 0.5) is 0 Å². The standard InChI is InChI=1S/C7H6ClN3O/c8-4-1-2-5-6(3-4)11(9)7(12)10-5/h1-3H,9H2,(H,10,12). The van der Waals surface area contributed by atoms with Crippen molar-refractivity contribution in [1.29, 1.82) is 0 Å². The number of aromatic amines is 1. The van der Waals surface area contributed by atoms with Crippen molar-refractivity contribution >= 4 is 22.6 Å². The van der Waals surface area contributed by atoms with E-state index >= 15 is 0 Å². The van der Waals surface area contributed by atoms with E-state index in [-0.39, 0.29) is 5.69 Å². The molecule has 1 aromatic heterocycles. The Morgan fingerprint density at radius 1 is 1.50 bits per heavy atom. The molecule has 0 spiro atoms. The fourth-order valence-corrected chi connectivity index (χ4v) is 1.26. The zero-order chi connectivity index (χ0) is 8.72. The molecule has 2 rings (SSSR count). The number of nitrogens with two attached hydrogens (primary N) is 1. The molecule has 0 saturated carbocycles. The highest BCUT2D eigenvalue weighted by atomic mass is 35.5. The average molecular weight is 184 g/mol. The van der Waals surface area contributed by atoms with Crippen LogP contribution in [0.25, 0.3) is 11.0 Å². The van der Waals surface area contributed by atoms with Crippen LogP contribution in [0.3, 0.4) is 0 Å². The summed E-state index contributed by atoms with van der Waals surface area (Å²) in [6.07, 6.45) is 0. The fraction of sp³-hybridized carbons (Fsp3) is 0. The van der Waals surface area contributed by atoms with Crippen LogP contribution in [-0.2, 0) is 0 Å². The van der Waals surface area contributed by atoms with Crippen molar-refractivity contribution in [3.8, 4) is 0 Å². The van der Waals surface area contributed by atoms with Crippen molar-refractivity contribution < 1.29 is 0 Å². The first-order chi connectivity index (χ1) is 5.68. The number of benzene rings is 1. The van der Waals surface area contributed by atoms with E-state index in [4.69, 9.17) is 17.4 Å². The molecule has 0 amide bonds. The largest absolute Gasteiger partial charge is 0.344 e. The Kier molecular flexibility index (Phi) is 1.38. The quantitative estimate of drug-likeness (QED) is 0.591. The predicted octanol–water partition coefficient (Wildman–Crippen LogP) is 0.697. The van der Waals surface area contributed by atoms with E-state index in [1.807, 2.05) is 0 Å². The number of nitrogen functional groups attached to an aromatic ring is 1. The predicted molar refractivity (Wildman–Crippen MR) is 47.7 cm³/mol. The third-order valence-corrected chi connectivity index (χ3v) is 1.91. The molecule has 62 valence electrons. The zero-order valence-corrected chi connectivity index (χ0v) is 6.80. The smallest absolute Gasteiger partial charge is 0.335 e. The van der Waals surface area contributed by atoms with Gasteiger partial charge in [0.05, 0.1) is 11.0 Å². The number of imidazole rings is 1. The molecule has 0 unspecified atom stereocenters. The van der Waals surface area contributed by atoms with Crippen molar-refractivity contribution in [1.82, 2.24) is 9.66 Å². The molecule has 0 aliphatic heterocycles. The van der Waals surface area contributed by atoms with Gasteiger partial charge in [-0.2, -0.15) is 0 Å². The monoisotopic (exact) mass is 183 g/mol. The molecule has 2 aromatic rings. The summed E-state index contributed by atoms with van der Waals surface area (Å²) in [4.78, 5) is 13.6. The molecule has 0 saturated heterocycles. The van der Waals surface area contributed by atoms with E-state index in [0.29, 0.717) is 16.1 Å². The second-order valence-electron chi connectivity index (χ2n) is 2.46. The molecule has 0 aliphatic rings. The lowest BCUT2D eigenvalue weighted by Crippen LogP contribution is -2.23. The molecular formula is C7H6ClN3O. The minimum Gasteiger partial charge on any atom is -0.335 e. The first-order valence-electron chi connectivity index (χ1n) is 3.34. The van der Waals surface area contributed by atoms with E-state index < -0.39 is 0 Å². The van der Waals surface area contributed by atoms with Crippen molar-refractivity contribution in [3.63, 3.8) is 0 Å². The Morgan fingerprint density at radius 2 is 2.25 bits per heavy atom. The van der Waals surface area contributed by atoms with Gasteiger partial charge in [-0.05, 0) is 18.2 Å². The second kappa shape index (κ2) is 2.28. The van der Waals surface area contributed by atoms with E-state index in [9.17, 15) is 4.79 Å². The first-order valence-corrected chi connectivity index (χ1v) is 3.71. The van der Waals surface area contributed by atoms with Crippen molar-refractivity contribution in [2.45, 2.75) is 0 Å². The molecule has 0 fully saturated rings. The highest BCUT2D eigenvalue weighted by molar-refractivity contribution is 6.31. The summed E-state index contributed by atoms with van der Waals surface area (Å²) in [5, 5.41) is 0.556. The van der Waals surface area contributed by atoms with Gasteiger partial charge in [-0.1, -0.05) is 11.6 Å². The first kappa shape index (κ1) is 7.24. The molecule has 0 aliphatic carbocycles. The van der Waals surface area contributed by atoms with E-state index in [0.717, 1.165) is 4.68 Å². The van der Waals surface area contributed by atoms with Crippen LogP contribution in [0, 0.1) is 0 Å². The van der Waals surface area contributed by atoms with Gasteiger partial charge in [0.2, 0.25) is 0 Å². The van der Waals surface area contributed by atoms with E-state index in [1.165, 1.54) is 0 Å². The van der Waals surface area contributed by atoms with Gasteiger partial charge in [-0.3, -0.25) is 0 Å². The molecule has 3 N–H and O–H groups in total. The van der Waals surface area contributed by atoms with Gasteiger partial charge >= 0.3 is 5.69 Å². The maximum Gasteiger partial charge on any atom is 0.344 e. The fourth-order valence-electron chi connectivity index (χ4n) is 1.09. The lowest BCUT2D eigenvalue weighted by molar-refractivity contribution is 0.967. The normalized spacial score (nSPS) is 10.8. The van der Waals surface area contributed by atoms with Crippen LogP contribution >= 0.6 is 11.6 Å². The van der Waals surface area contributed by atoms with Crippen molar-refractivity contribution in [2.24, 2.45) is 0 Å². The van der Waals surface area contributed by atoms with Crippen LogP contribution in [0.2, 0.25) is 5.02 Å². The van der Waals surface area contributed by atoms with Gasteiger partial charge < -0.3 is 10.8 Å². The third-order valence-electron chi connectivity index (χ3n) is 1.68. The summed E-state index contributed by atoms with van der Waals surface area (Å²) in [5.41, 5.74) is 0.951. The number of halogens is 1. The summed E-state index contributed by atoms with van der Waals surface area (Å²) >= 11 is 5.72. The zero-order valence-electron chi connectivity index (χ0n) is 6.04. The van der Waals surface area contributed by atoms with Crippen LogP contribution in [-0.4, -0.2) is 9.66 Å². The summed E-state index contributed by atoms with van der Waals surface area (Å²) in [5.74, 6) is 5.42. The highest BCUT2D eigenvalue weighted by Crippen LogP contribution is 2.14. The number of rotatable bonds is 0. The number of nitrogens with zero attached hydrogens (tertiary/aromatic N) is 1. The average Bonchev–Trinajstić information content (AvgIpc) is 2.31. The number of nitrogens with one attached hydrogen (secondary N) is 1. The van der Waals surface area contributed by atoms with Crippen LogP contribution in [0.1, 0.15) is 0 Å². The number of hydrogen-bond donors (Lipinski definition) is 2. The Bertz CT molecular complexity index is 485. The maximum atomic E-state index is 11.0. The summed E-state index contributed by atoms with van der Waals surface area (Å²) in [6, 6.07) is 5.04. The van der Waals surface area contributed by atoms with Gasteiger partial charge in [0.25, 0.3) is 0 Å². The molecule has 0 bridgehead atoms. The maximum absolute atomic E-state index is 11.0. The Hall–Kier alpha value is -1.42. The number of H-pyrrole nitrogens is 1. The Balaban J connectivity index is 2.98. The number of aromatic nitrogens is 2. The van der Waals surface area contributed by atoms with Gasteiger partial charge in [0.15, 0.2) is 0 Å². The highest BCUT2D eigenvalue weighted by Gasteiger charge is 2.02. The molecule has 4 nitrogen and oxygen atoms in total. The lowest BCUT2D eigenvalue weighted by atomic mass is 10.3. The molecule has 1 aromatic carbocycles. The topological polar surface area (TPSA) is 63.8 Å². The molecule has 0 atom stereocenters. The molecule has 1 heterocycles. The summed E-state index contributed by atoms with van der Waals surface area (Å²) in [6.45, 7) is 0. The summed E-state index contributed by atoms with van der Waals surface area (Å²) < 4.78 is 1.03. The van der Waals surface area contributed by atoms with Crippen LogP contribution < -0.4 is 11.5 Å². The lowest BCUT2D eigenvalue weighted by Gasteiger charge is -1.92. The van der Waals surface area contributed by atoms with E-state index in [1.54, 1.807) is 18.2 Å². The van der Waals surface area contributed by atoms with Gasteiger partial charge in [-0.25, -0.2) is 9.47 Å². The SMILES string of the molecule is Nn1c(=O)[nH]c2ccc(Cl)cc21. The summed E-state index contributed by atoms with van der Waals surface area (Å²) in [7, 11) is 0. The molecule has 12 heavy (non-hydrogen) atoms. The van der Waals surface area contributed by atoms with E-state index in [2.05, 4.69) is 4.98 Å². The minimum absolute atomic E-state index is 0.340. The Labute approximate surface area is 72.5 Å². The Morgan fingerprint density at radius 3 is 3.00 bits per heavy atom. The van der Waals surface area contributed by atoms with Gasteiger partial charge in [-0.15, -0.1) is 0 Å². The van der Waals surface area contributed by atoms with Crippen molar-refractivity contribution in [2.75, 3.05) is 5.84 Å². The molecule has 0 radical (unpaired) electrons. The van der Waals surface area contributed by atoms with Crippen molar-refractivity contribution in [3.05, 3.63) is 33.7 Å². The van der Waals surface area contributed by atoms with Crippen LogP contribution in [0.15, 0.2) is 23.0 Å². The minimum atomic E-state index is -0.340. The second-order valence-corrected chi connectivity index (χ2v) is 2.90. The molecular weight excluding hydrogens is 178 g/mol. The van der Waals surface area contributed by atoms with Gasteiger partial charge in [0, 0.05) is 5.02 Å². The third kappa shape index (κ3) is 0.887. The number of hydrogen-bond acceptors (Lipinski definition) is 2.